The van der Waals surface area contributed by atoms with Crippen LogP contribution in [0.5, 0.6) is 0 Å². The fraction of sp³-hybridized carbons (Fsp3) is 0.867. The van der Waals surface area contributed by atoms with E-state index in [2.05, 4.69) is 19.2 Å². The molecule has 1 aliphatic rings. The number of unbranched alkanes of at least 4 members (excludes halogenated alkanes) is 2. The number of hydrogen-bond acceptors (Lipinski definition) is 2. The Bertz CT molecular complexity index is 317. The van der Waals surface area contributed by atoms with Gasteiger partial charge in [0.2, 0.25) is 11.8 Å². The summed E-state index contributed by atoms with van der Waals surface area (Å²) in [5.74, 6) is 0.0818. The van der Waals surface area contributed by atoms with E-state index in [1.54, 1.807) is 4.90 Å². The highest BCUT2D eigenvalue weighted by atomic mass is 16.2. The quantitative estimate of drug-likeness (QED) is 0.721. The van der Waals surface area contributed by atoms with Crippen molar-refractivity contribution >= 4 is 11.8 Å². The zero-order valence-electron chi connectivity index (χ0n) is 12.7. The molecule has 0 aromatic carbocycles. The summed E-state index contributed by atoms with van der Waals surface area (Å²) in [4.78, 5) is 26.2. The van der Waals surface area contributed by atoms with Gasteiger partial charge in [-0.25, -0.2) is 0 Å². The van der Waals surface area contributed by atoms with E-state index in [0.29, 0.717) is 0 Å². The molecule has 0 saturated carbocycles. The Hall–Kier alpha value is -1.06. The van der Waals surface area contributed by atoms with Crippen molar-refractivity contribution in [3.05, 3.63) is 0 Å². The van der Waals surface area contributed by atoms with Gasteiger partial charge in [-0.1, -0.05) is 39.5 Å². The molecular formula is C15H28N2O2. The van der Waals surface area contributed by atoms with Crippen LogP contribution in [0.1, 0.15) is 66.2 Å². The zero-order valence-corrected chi connectivity index (χ0v) is 12.7. The molecule has 0 spiro atoms. The van der Waals surface area contributed by atoms with Crippen LogP contribution >= 0.6 is 0 Å². The molecule has 3 unspecified atom stereocenters. The van der Waals surface area contributed by atoms with E-state index >= 15 is 0 Å². The number of carbonyl (C=O) groups excluding carboxylic acids is 2. The van der Waals surface area contributed by atoms with Crippen LogP contribution in [0.15, 0.2) is 0 Å². The Balaban J connectivity index is 2.70. The highest BCUT2D eigenvalue weighted by Gasteiger charge is 2.39. The van der Waals surface area contributed by atoms with Crippen molar-refractivity contribution in [1.29, 1.82) is 0 Å². The summed E-state index contributed by atoms with van der Waals surface area (Å²) in [6.45, 7) is 8.09. The highest BCUT2D eigenvalue weighted by Crippen LogP contribution is 2.19. The molecular weight excluding hydrogens is 240 g/mol. The lowest BCUT2D eigenvalue weighted by Crippen LogP contribution is -2.64. The summed E-state index contributed by atoms with van der Waals surface area (Å²) in [5.41, 5.74) is 0. The van der Waals surface area contributed by atoms with Gasteiger partial charge in [0.15, 0.2) is 0 Å². The van der Waals surface area contributed by atoms with Crippen molar-refractivity contribution < 1.29 is 9.59 Å². The van der Waals surface area contributed by atoms with Gasteiger partial charge < -0.3 is 10.2 Å². The summed E-state index contributed by atoms with van der Waals surface area (Å²) in [5, 5.41) is 2.84. The standard InChI is InChI=1S/C15H28N2O2/c1-5-7-8-10-11(3)17-12(4)14(18)16-13(9-6-2)15(17)19/h11-13H,5-10H2,1-4H3,(H,16,18). The maximum atomic E-state index is 12.5. The van der Waals surface area contributed by atoms with Gasteiger partial charge in [-0.2, -0.15) is 0 Å². The zero-order chi connectivity index (χ0) is 14.4. The number of nitrogens with zero attached hydrogens (tertiary/aromatic N) is 1. The lowest BCUT2D eigenvalue weighted by molar-refractivity contribution is -0.151. The van der Waals surface area contributed by atoms with Gasteiger partial charge in [0.05, 0.1) is 0 Å². The van der Waals surface area contributed by atoms with Gasteiger partial charge in [0.1, 0.15) is 12.1 Å². The first-order valence-electron chi connectivity index (χ1n) is 7.65. The topological polar surface area (TPSA) is 49.4 Å². The van der Waals surface area contributed by atoms with Crippen molar-refractivity contribution in [2.24, 2.45) is 0 Å². The fourth-order valence-electron chi connectivity index (χ4n) is 2.76. The summed E-state index contributed by atoms with van der Waals surface area (Å²) in [7, 11) is 0. The number of hydrogen-bond donors (Lipinski definition) is 1. The molecule has 0 aromatic rings. The molecule has 0 aliphatic carbocycles. The second-order valence-electron chi connectivity index (χ2n) is 5.62. The van der Waals surface area contributed by atoms with Crippen LogP contribution in [-0.2, 0) is 9.59 Å². The minimum atomic E-state index is -0.336. The summed E-state index contributed by atoms with van der Waals surface area (Å²) >= 11 is 0. The van der Waals surface area contributed by atoms with E-state index in [9.17, 15) is 9.59 Å². The first-order valence-corrected chi connectivity index (χ1v) is 7.65. The lowest BCUT2D eigenvalue weighted by Gasteiger charge is -2.41. The Morgan fingerprint density at radius 3 is 2.47 bits per heavy atom. The average molecular weight is 268 g/mol. The van der Waals surface area contributed by atoms with Gasteiger partial charge >= 0.3 is 0 Å². The maximum absolute atomic E-state index is 12.5. The van der Waals surface area contributed by atoms with Gasteiger partial charge in [-0.05, 0) is 26.7 Å². The number of rotatable bonds is 7. The third-order valence-electron chi connectivity index (χ3n) is 3.94. The molecule has 4 heteroatoms. The van der Waals surface area contributed by atoms with Gasteiger partial charge in [-0.3, -0.25) is 9.59 Å². The van der Waals surface area contributed by atoms with Crippen LogP contribution < -0.4 is 5.32 Å². The van der Waals surface area contributed by atoms with Crippen LogP contribution in [-0.4, -0.2) is 34.8 Å². The van der Waals surface area contributed by atoms with E-state index in [1.807, 2.05) is 13.8 Å². The van der Waals surface area contributed by atoms with E-state index in [0.717, 1.165) is 25.7 Å². The number of carbonyl (C=O) groups is 2. The van der Waals surface area contributed by atoms with Crippen LogP contribution in [0.2, 0.25) is 0 Å². The second-order valence-corrected chi connectivity index (χ2v) is 5.62. The normalized spacial score (nSPS) is 25.4. The molecule has 1 N–H and O–H groups in total. The molecule has 0 aromatic heterocycles. The van der Waals surface area contributed by atoms with Gasteiger partial charge in [-0.15, -0.1) is 0 Å². The molecule has 1 rings (SSSR count). The molecule has 2 amide bonds. The number of amides is 2. The lowest BCUT2D eigenvalue weighted by atomic mass is 10.00. The monoisotopic (exact) mass is 268 g/mol. The van der Waals surface area contributed by atoms with Crippen molar-refractivity contribution in [1.82, 2.24) is 10.2 Å². The smallest absolute Gasteiger partial charge is 0.246 e. The summed E-state index contributed by atoms with van der Waals surface area (Å²) < 4.78 is 0. The van der Waals surface area contributed by atoms with Crippen molar-refractivity contribution in [2.75, 3.05) is 0 Å². The fourth-order valence-corrected chi connectivity index (χ4v) is 2.76. The molecule has 19 heavy (non-hydrogen) atoms. The Labute approximate surface area is 116 Å². The summed E-state index contributed by atoms with van der Waals surface area (Å²) in [6, 6.07) is -0.501. The molecule has 1 fully saturated rings. The Morgan fingerprint density at radius 1 is 1.21 bits per heavy atom. The molecule has 0 radical (unpaired) electrons. The molecule has 1 aliphatic heterocycles. The molecule has 4 nitrogen and oxygen atoms in total. The molecule has 0 bridgehead atoms. The molecule has 1 saturated heterocycles. The largest absolute Gasteiger partial charge is 0.343 e. The third-order valence-corrected chi connectivity index (χ3v) is 3.94. The van der Waals surface area contributed by atoms with Crippen molar-refractivity contribution in [2.45, 2.75) is 84.3 Å². The average Bonchev–Trinajstić information content (AvgIpc) is 2.37. The third kappa shape index (κ3) is 3.95. The minimum Gasteiger partial charge on any atom is -0.343 e. The summed E-state index contributed by atoms with van der Waals surface area (Å²) in [6.07, 6.45) is 6.10. The predicted molar refractivity (Wildman–Crippen MR) is 76.8 cm³/mol. The molecule has 3 atom stereocenters. The SMILES string of the molecule is CCCCCC(C)N1C(=O)C(CCC)NC(=O)C1C. The molecule has 1 heterocycles. The minimum absolute atomic E-state index is 0.0135. The number of piperazine rings is 1. The van der Waals surface area contributed by atoms with E-state index in [4.69, 9.17) is 0 Å². The van der Waals surface area contributed by atoms with E-state index in [1.165, 1.54) is 12.8 Å². The van der Waals surface area contributed by atoms with Crippen LogP contribution in [0.3, 0.4) is 0 Å². The first-order chi connectivity index (χ1) is 9.02. The van der Waals surface area contributed by atoms with E-state index < -0.39 is 0 Å². The van der Waals surface area contributed by atoms with Crippen LogP contribution in [0, 0.1) is 0 Å². The molecule has 110 valence electrons. The van der Waals surface area contributed by atoms with Crippen LogP contribution in [0.4, 0.5) is 0 Å². The van der Waals surface area contributed by atoms with Crippen molar-refractivity contribution in [3.63, 3.8) is 0 Å². The predicted octanol–water partition coefficient (Wildman–Crippen LogP) is 2.47. The van der Waals surface area contributed by atoms with Crippen molar-refractivity contribution in [3.8, 4) is 0 Å². The first kappa shape index (κ1) is 16.0. The van der Waals surface area contributed by atoms with E-state index in [-0.39, 0.29) is 29.9 Å². The maximum Gasteiger partial charge on any atom is 0.246 e. The van der Waals surface area contributed by atoms with Gasteiger partial charge in [0, 0.05) is 6.04 Å². The second kappa shape index (κ2) is 7.51. The number of nitrogens with one attached hydrogen (secondary N) is 1. The highest BCUT2D eigenvalue weighted by molar-refractivity contribution is 5.96. The van der Waals surface area contributed by atoms with Gasteiger partial charge in [0.25, 0.3) is 0 Å². The van der Waals surface area contributed by atoms with Crippen LogP contribution in [0.25, 0.3) is 0 Å². The Kier molecular flexibility index (Phi) is 6.32. The Morgan fingerprint density at radius 2 is 1.89 bits per heavy atom.